The summed E-state index contributed by atoms with van der Waals surface area (Å²) < 4.78 is 0. The fraction of sp³-hybridized carbons (Fsp3) is 0.581. The van der Waals surface area contributed by atoms with Gasteiger partial charge in [-0.25, -0.2) is 0 Å². The molecular weight excluding hydrogens is 414 g/mol. The fourth-order valence-corrected chi connectivity index (χ4v) is 5.83. The van der Waals surface area contributed by atoms with E-state index in [1.807, 2.05) is 6.07 Å². The van der Waals surface area contributed by atoms with Gasteiger partial charge < -0.3 is 11.5 Å². The molecule has 0 saturated heterocycles. The Morgan fingerprint density at radius 3 is 1.50 bits per heavy atom. The first-order chi connectivity index (χ1) is 15.3. The minimum absolute atomic E-state index is 0.0115. The molecule has 0 spiro atoms. The second kappa shape index (κ2) is 9.29. The lowest BCUT2D eigenvalue weighted by molar-refractivity contribution is 0.283. The standard InChI is InChI=1S/C31H47N3/c1-20-21(13-23(15-26(20)33)30(8,9)18-28(2,3)4)12-22-14-24(16-27(34)25(22)17-32)31(10,11)19-29(5,6)7/h13-16H,12,18-19,33-34H2,1-11H3. The predicted octanol–water partition coefficient (Wildman–Crippen LogP) is 8.05. The monoisotopic (exact) mass is 461 g/mol. The molecule has 0 atom stereocenters. The highest BCUT2D eigenvalue weighted by Crippen LogP contribution is 2.40. The number of rotatable bonds is 6. The molecule has 0 unspecified atom stereocenters. The lowest BCUT2D eigenvalue weighted by atomic mass is 9.71. The summed E-state index contributed by atoms with van der Waals surface area (Å²) in [6.45, 7) is 24.8. The van der Waals surface area contributed by atoms with Crippen LogP contribution in [0.1, 0.15) is 115 Å². The number of nitrogens with two attached hydrogens (primary N) is 2. The second-order valence-corrected chi connectivity index (χ2v) is 14.0. The molecule has 186 valence electrons. The van der Waals surface area contributed by atoms with Crippen LogP contribution in [0.3, 0.4) is 0 Å². The van der Waals surface area contributed by atoms with Gasteiger partial charge in [0.15, 0.2) is 0 Å². The normalized spacial score (nSPS) is 13.1. The van der Waals surface area contributed by atoms with E-state index in [1.165, 1.54) is 16.7 Å². The van der Waals surface area contributed by atoms with Gasteiger partial charge >= 0.3 is 0 Å². The first-order valence-electron chi connectivity index (χ1n) is 12.5. The van der Waals surface area contributed by atoms with Gasteiger partial charge in [-0.1, -0.05) is 81.4 Å². The van der Waals surface area contributed by atoms with Crippen LogP contribution in [0.2, 0.25) is 0 Å². The van der Waals surface area contributed by atoms with Gasteiger partial charge in [-0.3, -0.25) is 0 Å². The van der Waals surface area contributed by atoms with Gasteiger partial charge in [0.05, 0.1) is 11.3 Å². The van der Waals surface area contributed by atoms with Crippen LogP contribution in [0.25, 0.3) is 0 Å². The van der Waals surface area contributed by atoms with E-state index in [9.17, 15) is 5.26 Å². The van der Waals surface area contributed by atoms with Gasteiger partial charge in [0, 0.05) is 5.69 Å². The van der Waals surface area contributed by atoms with Crippen LogP contribution in [0.15, 0.2) is 24.3 Å². The quantitative estimate of drug-likeness (QED) is 0.427. The van der Waals surface area contributed by atoms with Crippen molar-refractivity contribution in [3.05, 3.63) is 57.6 Å². The maximum atomic E-state index is 9.94. The molecule has 0 saturated carbocycles. The van der Waals surface area contributed by atoms with Crippen molar-refractivity contribution in [3.63, 3.8) is 0 Å². The van der Waals surface area contributed by atoms with Crippen molar-refractivity contribution in [2.45, 2.75) is 106 Å². The van der Waals surface area contributed by atoms with E-state index < -0.39 is 0 Å². The highest BCUT2D eigenvalue weighted by Gasteiger charge is 2.30. The molecule has 0 radical (unpaired) electrons. The molecule has 0 aliphatic carbocycles. The third-order valence-electron chi connectivity index (χ3n) is 6.81. The van der Waals surface area contributed by atoms with Crippen LogP contribution in [0.5, 0.6) is 0 Å². The third kappa shape index (κ3) is 6.78. The zero-order chi connectivity index (χ0) is 26.3. The van der Waals surface area contributed by atoms with Gasteiger partial charge in [-0.05, 0) is 87.8 Å². The summed E-state index contributed by atoms with van der Waals surface area (Å²) in [4.78, 5) is 0. The minimum atomic E-state index is -0.0558. The highest BCUT2D eigenvalue weighted by molar-refractivity contribution is 5.63. The van der Waals surface area contributed by atoms with Crippen molar-refractivity contribution < 1.29 is 0 Å². The summed E-state index contributed by atoms with van der Waals surface area (Å²) in [6, 6.07) is 11.0. The van der Waals surface area contributed by atoms with Crippen LogP contribution in [0.4, 0.5) is 11.4 Å². The van der Waals surface area contributed by atoms with E-state index >= 15 is 0 Å². The van der Waals surface area contributed by atoms with Crippen LogP contribution in [-0.4, -0.2) is 0 Å². The van der Waals surface area contributed by atoms with Crippen LogP contribution < -0.4 is 11.5 Å². The summed E-state index contributed by atoms with van der Waals surface area (Å²) in [5.74, 6) is 0. The van der Waals surface area contributed by atoms with Gasteiger partial charge in [0.1, 0.15) is 6.07 Å². The molecule has 2 aromatic carbocycles. The fourth-order valence-electron chi connectivity index (χ4n) is 5.83. The van der Waals surface area contributed by atoms with E-state index in [4.69, 9.17) is 11.5 Å². The lowest BCUT2D eigenvalue weighted by Crippen LogP contribution is -2.25. The van der Waals surface area contributed by atoms with E-state index in [0.717, 1.165) is 29.7 Å². The number of nitrogens with zero attached hydrogens (tertiary/aromatic N) is 1. The van der Waals surface area contributed by atoms with Crippen molar-refractivity contribution in [2.24, 2.45) is 10.8 Å². The summed E-state index contributed by atoms with van der Waals surface area (Å²) in [5, 5.41) is 9.94. The number of hydrogen-bond donors (Lipinski definition) is 2. The number of anilines is 2. The molecule has 0 bridgehead atoms. The zero-order valence-corrected chi connectivity index (χ0v) is 23.5. The Kier molecular flexibility index (Phi) is 7.59. The SMILES string of the molecule is Cc1c(N)cc(C(C)(C)CC(C)(C)C)cc1Cc1cc(C(C)(C)CC(C)(C)C)cc(N)c1C#N. The maximum absolute atomic E-state index is 9.94. The molecule has 2 rings (SSSR count). The smallest absolute Gasteiger partial charge is 0.102 e. The largest absolute Gasteiger partial charge is 0.398 e. The summed E-state index contributed by atoms with van der Waals surface area (Å²) in [6.07, 6.45) is 2.71. The molecule has 4 N–H and O–H groups in total. The van der Waals surface area contributed by atoms with E-state index in [-0.39, 0.29) is 21.7 Å². The van der Waals surface area contributed by atoms with Crippen LogP contribution >= 0.6 is 0 Å². The van der Waals surface area contributed by atoms with Crippen LogP contribution in [0, 0.1) is 29.1 Å². The topological polar surface area (TPSA) is 75.8 Å². The van der Waals surface area contributed by atoms with Gasteiger partial charge in [0.2, 0.25) is 0 Å². The summed E-state index contributed by atoms with van der Waals surface area (Å²) in [7, 11) is 0. The molecule has 3 nitrogen and oxygen atoms in total. The Labute approximate surface area is 208 Å². The zero-order valence-electron chi connectivity index (χ0n) is 23.5. The van der Waals surface area contributed by atoms with Crippen molar-refractivity contribution in [1.82, 2.24) is 0 Å². The van der Waals surface area contributed by atoms with Crippen molar-refractivity contribution in [3.8, 4) is 6.07 Å². The van der Waals surface area contributed by atoms with Gasteiger partial charge in [-0.15, -0.1) is 0 Å². The second-order valence-electron chi connectivity index (χ2n) is 14.0. The van der Waals surface area contributed by atoms with Crippen LogP contribution in [-0.2, 0) is 17.3 Å². The first kappa shape index (κ1) is 27.8. The van der Waals surface area contributed by atoms with Crippen molar-refractivity contribution >= 4 is 11.4 Å². The molecule has 0 fully saturated rings. The number of nitrogen functional groups attached to an aromatic ring is 2. The minimum Gasteiger partial charge on any atom is -0.398 e. The first-order valence-corrected chi connectivity index (χ1v) is 12.5. The molecule has 0 aromatic heterocycles. The molecule has 0 aliphatic rings. The van der Waals surface area contributed by atoms with Gasteiger partial charge in [-0.2, -0.15) is 5.26 Å². The van der Waals surface area contributed by atoms with Crippen molar-refractivity contribution in [1.29, 1.82) is 5.26 Å². The average molecular weight is 462 g/mol. The van der Waals surface area contributed by atoms with E-state index in [2.05, 4.69) is 100 Å². The molecule has 0 heterocycles. The van der Waals surface area contributed by atoms with E-state index in [0.29, 0.717) is 17.7 Å². The van der Waals surface area contributed by atoms with Gasteiger partial charge in [0.25, 0.3) is 0 Å². The number of nitriles is 1. The summed E-state index contributed by atoms with van der Waals surface area (Å²) >= 11 is 0. The Bertz CT molecular complexity index is 1080. The predicted molar refractivity (Wildman–Crippen MR) is 148 cm³/mol. The van der Waals surface area contributed by atoms with E-state index in [1.54, 1.807) is 0 Å². The maximum Gasteiger partial charge on any atom is 0.102 e. The molecule has 34 heavy (non-hydrogen) atoms. The average Bonchev–Trinajstić information content (AvgIpc) is 2.61. The molecular formula is C31H47N3. The Morgan fingerprint density at radius 1 is 0.676 bits per heavy atom. The number of hydrogen-bond acceptors (Lipinski definition) is 3. The lowest BCUT2D eigenvalue weighted by Gasteiger charge is -2.34. The Hall–Kier alpha value is -2.47. The third-order valence-corrected chi connectivity index (χ3v) is 6.81. The summed E-state index contributed by atoms with van der Waals surface area (Å²) in [5.41, 5.74) is 20.9. The highest BCUT2D eigenvalue weighted by atomic mass is 14.6. The molecule has 2 aromatic rings. The Morgan fingerprint density at radius 2 is 1.09 bits per heavy atom. The molecule has 0 aliphatic heterocycles. The number of benzene rings is 2. The van der Waals surface area contributed by atoms with Crippen molar-refractivity contribution in [2.75, 3.05) is 11.5 Å². The molecule has 0 amide bonds. The molecule has 3 heteroatoms. The Balaban J connectivity index is 2.61.